The molecule has 0 aliphatic heterocycles. The molecule has 0 aliphatic rings. The van der Waals surface area contributed by atoms with Crippen LogP contribution in [0.3, 0.4) is 0 Å². The molecule has 0 heterocycles. The van der Waals surface area contributed by atoms with Crippen LogP contribution in [0.1, 0.15) is 69.9 Å². The molecule has 1 rings (SSSR count). The van der Waals surface area contributed by atoms with Crippen LogP contribution in [0.5, 0.6) is 5.75 Å². The summed E-state index contributed by atoms with van der Waals surface area (Å²) in [6.45, 7) is 8.85. The largest absolute Gasteiger partial charge is 0.424 e. The van der Waals surface area contributed by atoms with Gasteiger partial charge in [-0.2, -0.15) is 0 Å². The van der Waals surface area contributed by atoms with Gasteiger partial charge in [0.15, 0.2) is 0 Å². The molecule has 0 bridgehead atoms. The average molecular weight is 340 g/mol. The van der Waals surface area contributed by atoms with Crippen molar-refractivity contribution in [3.63, 3.8) is 0 Å². The number of hydrogen-bond donors (Lipinski definition) is 0. The van der Waals surface area contributed by atoms with E-state index in [0.29, 0.717) is 18.5 Å². The smallest absolute Gasteiger partial charge is 0.379 e. The Labute approximate surface area is 142 Å². The van der Waals surface area contributed by atoms with E-state index in [1.54, 1.807) is 0 Å². The average Bonchev–Trinajstić information content (AvgIpc) is 2.48. The van der Waals surface area contributed by atoms with E-state index < -0.39 is 7.60 Å². The lowest BCUT2D eigenvalue weighted by Crippen LogP contribution is -2.04. The van der Waals surface area contributed by atoms with E-state index in [1.165, 1.54) is 19.3 Å². The minimum Gasteiger partial charge on any atom is -0.424 e. The second-order valence-electron chi connectivity index (χ2n) is 6.35. The molecule has 0 fully saturated rings. The third kappa shape index (κ3) is 8.58. The van der Waals surface area contributed by atoms with Crippen molar-refractivity contribution in [2.24, 2.45) is 0 Å². The van der Waals surface area contributed by atoms with E-state index in [2.05, 4.69) is 19.9 Å². The molecule has 1 aromatic rings. The van der Waals surface area contributed by atoms with E-state index in [9.17, 15) is 4.57 Å². The van der Waals surface area contributed by atoms with Gasteiger partial charge < -0.3 is 4.52 Å². The summed E-state index contributed by atoms with van der Waals surface area (Å²) in [5, 5.41) is 0. The predicted octanol–water partition coefficient (Wildman–Crippen LogP) is 6.66. The molecule has 1 unspecified atom stereocenters. The van der Waals surface area contributed by atoms with Gasteiger partial charge in [-0.25, -0.2) is 4.57 Å². The molecule has 0 saturated carbocycles. The molecular formula is C19H33O3P. The Morgan fingerprint density at radius 1 is 0.870 bits per heavy atom. The number of unbranched alkanes of at least 4 members (excludes halogenated alkanes) is 5. The van der Waals surface area contributed by atoms with Crippen LogP contribution in [0.15, 0.2) is 18.2 Å². The van der Waals surface area contributed by atoms with Gasteiger partial charge in [-0.15, -0.1) is 0 Å². The summed E-state index contributed by atoms with van der Waals surface area (Å²) in [6.07, 6.45) is 8.12. The minimum absolute atomic E-state index is 0.492. The fraction of sp³-hybridized carbons (Fsp3) is 0.684. The maximum absolute atomic E-state index is 13.0. The Hall–Kier alpha value is -0.790. The summed E-state index contributed by atoms with van der Waals surface area (Å²) in [5.74, 6) is 0.660. The van der Waals surface area contributed by atoms with Gasteiger partial charge in [-0.1, -0.05) is 52.0 Å². The zero-order valence-electron chi connectivity index (χ0n) is 15.3. The van der Waals surface area contributed by atoms with E-state index in [0.717, 1.165) is 36.8 Å². The van der Waals surface area contributed by atoms with Crippen molar-refractivity contribution in [2.75, 3.05) is 12.8 Å². The summed E-state index contributed by atoms with van der Waals surface area (Å²) >= 11 is 0. The predicted molar refractivity (Wildman–Crippen MR) is 98.6 cm³/mol. The highest BCUT2D eigenvalue weighted by atomic mass is 31.2. The summed E-state index contributed by atoms with van der Waals surface area (Å²) in [4.78, 5) is 0. The summed E-state index contributed by atoms with van der Waals surface area (Å²) < 4.78 is 24.6. The minimum atomic E-state index is -3.05. The van der Waals surface area contributed by atoms with Crippen molar-refractivity contribution in [1.29, 1.82) is 0 Å². The Morgan fingerprint density at radius 2 is 1.48 bits per heavy atom. The first-order valence-corrected chi connectivity index (χ1v) is 10.7. The maximum atomic E-state index is 13.0. The molecular weight excluding hydrogens is 307 g/mol. The molecule has 0 N–H and O–H groups in total. The number of rotatable bonds is 12. The van der Waals surface area contributed by atoms with Gasteiger partial charge in [0, 0.05) is 0 Å². The number of hydrogen-bond acceptors (Lipinski definition) is 3. The van der Waals surface area contributed by atoms with Gasteiger partial charge >= 0.3 is 7.60 Å². The highest BCUT2D eigenvalue weighted by Crippen LogP contribution is 2.49. The zero-order chi connectivity index (χ0) is 17.1. The second kappa shape index (κ2) is 10.9. The van der Waals surface area contributed by atoms with Gasteiger partial charge in [-0.3, -0.25) is 4.52 Å². The SMILES string of the molecule is CCCCCCCOP(=O)(CCCC)Oc1cc(C)cc(C)c1. The van der Waals surface area contributed by atoms with Gasteiger partial charge in [0.2, 0.25) is 0 Å². The van der Waals surface area contributed by atoms with E-state index in [-0.39, 0.29) is 0 Å². The van der Waals surface area contributed by atoms with Crippen LogP contribution in [-0.4, -0.2) is 12.8 Å². The fourth-order valence-corrected chi connectivity index (χ4v) is 4.35. The Morgan fingerprint density at radius 3 is 2.09 bits per heavy atom. The molecule has 4 heteroatoms. The fourth-order valence-electron chi connectivity index (χ4n) is 2.54. The molecule has 0 spiro atoms. The van der Waals surface area contributed by atoms with Crippen molar-refractivity contribution >= 4 is 7.60 Å². The monoisotopic (exact) mass is 340 g/mol. The third-order valence-electron chi connectivity index (χ3n) is 3.76. The Balaban J connectivity index is 2.60. The summed E-state index contributed by atoms with van der Waals surface area (Å²) in [6, 6.07) is 5.94. The van der Waals surface area contributed by atoms with Crippen LogP contribution in [0.2, 0.25) is 0 Å². The third-order valence-corrected chi connectivity index (χ3v) is 5.69. The first kappa shape index (κ1) is 20.3. The normalized spacial score (nSPS) is 13.7. The molecule has 23 heavy (non-hydrogen) atoms. The topological polar surface area (TPSA) is 35.5 Å². The Bertz CT molecular complexity index is 479. The van der Waals surface area contributed by atoms with Crippen LogP contribution in [0.4, 0.5) is 0 Å². The highest BCUT2D eigenvalue weighted by Gasteiger charge is 2.25. The number of benzene rings is 1. The quantitative estimate of drug-likeness (QED) is 0.315. The van der Waals surface area contributed by atoms with Crippen molar-refractivity contribution < 1.29 is 13.6 Å². The van der Waals surface area contributed by atoms with Gasteiger partial charge in [0.25, 0.3) is 0 Å². The molecule has 0 amide bonds. The number of aryl methyl sites for hydroxylation is 2. The van der Waals surface area contributed by atoms with Gasteiger partial charge in [0.1, 0.15) is 5.75 Å². The first-order chi connectivity index (χ1) is 11.0. The molecule has 1 atom stereocenters. The van der Waals surface area contributed by atoms with Crippen LogP contribution in [0.25, 0.3) is 0 Å². The highest BCUT2D eigenvalue weighted by molar-refractivity contribution is 7.54. The van der Waals surface area contributed by atoms with E-state index in [4.69, 9.17) is 9.05 Å². The van der Waals surface area contributed by atoms with Gasteiger partial charge in [0.05, 0.1) is 12.8 Å². The van der Waals surface area contributed by atoms with E-state index in [1.807, 2.05) is 26.0 Å². The van der Waals surface area contributed by atoms with Crippen LogP contribution < -0.4 is 4.52 Å². The first-order valence-electron chi connectivity index (χ1n) is 9.00. The lowest BCUT2D eigenvalue weighted by atomic mass is 10.1. The molecule has 0 saturated heterocycles. The second-order valence-corrected chi connectivity index (χ2v) is 8.46. The van der Waals surface area contributed by atoms with Crippen molar-refractivity contribution in [3.05, 3.63) is 29.3 Å². The molecule has 1 aromatic carbocycles. The molecule has 0 aliphatic carbocycles. The standard InChI is InChI=1S/C19H33O3P/c1-5-7-9-10-11-12-21-23(20,13-8-6-2)22-19-15-17(3)14-18(4)16-19/h14-16H,5-13H2,1-4H3. The van der Waals surface area contributed by atoms with Crippen molar-refractivity contribution in [2.45, 2.75) is 72.6 Å². The lowest BCUT2D eigenvalue weighted by Gasteiger charge is -2.20. The molecule has 0 radical (unpaired) electrons. The Kier molecular flexibility index (Phi) is 9.59. The van der Waals surface area contributed by atoms with Gasteiger partial charge in [-0.05, 0) is 49.9 Å². The van der Waals surface area contributed by atoms with Crippen molar-refractivity contribution in [3.8, 4) is 5.75 Å². The van der Waals surface area contributed by atoms with Crippen LogP contribution in [-0.2, 0) is 9.09 Å². The van der Waals surface area contributed by atoms with E-state index >= 15 is 0 Å². The zero-order valence-corrected chi connectivity index (χ0v) is 16.2. The van der Waals surface area contributed by atoms with Crippen LogP contribution >= 0.6 is 7.60 Å². The molecule has 0 aromatic heterocycles. The summed E-state index contributed by atoms with van der Waals surface area (Å²) in [7, 11) is -3.05. The van der Waals surface area contributed by atoms with Crippen molar-refractivity contribution in [1.82, 2.24) is 0 Å². The maximum Gasteiger partial charge on any atom is 0.379 e. The molecule has 3 nitrogen and oxygen atoms in total. The summed E-state index contributed by atoms with van der Waals surface area (Å²) in [5.41, 5.74) is 2.23. The molecule has 132 valence electrons. The lowest BCUT2D eigenvalue weighted by molar-refractivity contribution is 0.257. The van der Waals surface area contributed by atoms with Crippen LogP contribution in [0, 0.1) is 13.8 Å².